The second kappa shape index (κ2) is 6.55. The Bertz CT molecular complexity index is 533. The van der Waals surface area contributed by atoms with Crippen LogP contribution in [0.5, 0.6) is 0 Å². The first-order valence-electron chi connectivity index (χ1n) is 7.44. The van der Waals surface area contributed by atoms with E-state index in [1.807, 2.05) is 24.8 Å². The summed E-state index contributed by atoms with van der Waals surface area (Å²) in [4.78, 5) is 14.8. The van der Waals surface area contributed by atoms with Gasteiger partial charge in [0, 0.05) is 19.6 Å². The number of rotatable bonds is 4. The predicted molar refractivity (Wildman–Crippen MR) is 87.7 cm³/mol. The second-order valence-electron chi connectivity index (χ2n) is 5.67. The van der Waals surface area contributed by atoms with Crippen LogP contribution in [0.25, 0.3) is 0 Å². The molecule has 0 aromatic heterocycles. The number of carbonyl (C=O) groups excluding carboxylic acids is 1. The molecule has 0 bridgehead atoms. The Morgan fingerprint density at radius 3 is 2.57 bits per heavy atom. The third kappa shape index (κ3) is 2.92. The first-order chi connectivity index (χ1) is 9.99. The maximum atomic E-state index is 12.9. The van der Waals surface area contributed by atoms with E-state index in [9.17, 15) is 4.79 Å². The molecule has 0 saturated carbocycles. The number of halogens is 2. The summed E-state index contributed by atoms with van der Waals surface area (Å²) in [7, 11) is 0. The van der Waals surface area contributed by atoms with E-state index in [2.05, 4.69) is 0 Å². The lowest BCUT2D eigenvalue weighted by Gasteiger charge is -2.38. The van der Waals surface area contributed by atoms with Crippen LogP contribution in [0.4, 0.5) is 0 Å². The fourth-order valence-corrected chi connectivity index (χ4v) is 3.48. The maximum Gasteiger partial charge on any atom is 0.230 e. The van der Waals surface area contributed by atoms with E-state index in [-0.39, 0.29) is 5.91 Å². The molecule has 0 radical (unpaired) electrons. The minimum atomic E-state index is -0.437. The van der Waals surface area contributed by atoms with Gasteiger partial charge in [-0.15, -0.1) is 0 Å². The summed E-state index contributed by atoms with van der Waals surface area (Å²) >= 11 is 12.3. The molecule has 1 aromatic carbocycles. The molecular weight excluding hydrogens is 307 g/mol. The van der Waals surface area contributed by atoms with Crippen LogP contribution in [0, 0.1) is 5.41 Å². The van der Waals surface area contributed by atoms with Crippen molar-refractivity contribution in [3.8, 4) is 0 Å². The SMILES string of the molecule is CCC(CC)(CN)C(=O)N1CCc2c(ccc(Cl)c2Cl)C1. The number of benzene rings is 1. The van der Waals surface area contributed by atoms with E-state index in [0.29, 0.717) is 29.7 Å². The number of hydrogen-bond donors (Lipinski definition) is 1. The summed E-state index contributed by atoms with van der Waals surface area (Å²) in [6.07, 6.45) is 2.28. The molecule has 1 heterocycles. The molecule has 1 aliphatic rings. The summed E-state index contributed by atoms with van der Waals surface area (Å²) in [6, 6.07) is 3.76. The van der Waals surface area contributed by atoms with Crippen molar-refractivity contribution in [2.75, 3.05) is 13.1 Å². The molecule has 0 aliphatic carbocycles. The van der Waals surface area contributed by atoms with Gasteiger partial charge >= 0.3 is 0 Å². The van der Waals surface area contributed by atoms with Gasteiger partial charge in [-0.3, -0.25) is 4.79 Å². The van der Waals surface area contributed by atoms with Crippen LogP contribution in [0.2, 0.25) is 10.0 Å². The Kier molecular flexibility index (Phi) is 5.18. The summed E-state index contributed by atoms with van der Waals surface area (Å²) in [5.41, 5.74) is 7.61. The lowest BCUT2D eigenvalue weighted by Crippen LogP contribution is -2.49. The van der Waals surface area contributed by atoms with Gasteiger partial charge in [-0.2, -0.15) is 0 Å². The van der Waals surface area contributed by atoms with Gasteiger partial charge in [0.05, 0.1) is 15.5 Å². The normalized spacial score (nSPS) is 15.0. The molecule has 0 atom stereocenters. The molecule has 0 fully saturated rings. The molecule has 0 unspecified atom stereocenters. The van der Waals surface area contributed by atoms with Gasteiger partial charge in [-0.1, -0.05) is 43.1 Å². The fourth-order valence-electron chi connectivity index (χ4n) is 3.02. The molecule has 1 aromatic rings. The molecule has 2 rings (SSSR count). The number of hydrogen-bond acceptors (Lipinski definition) is 2. The van der Waals surface area contributed by atoms with Gasteiger partial charge in [-0.25, -0.2) is 0 Å². The highest BCUT2D eigenvalue weighted by Gasteiger charge is 2.38. The largest absolute Gasteiger partial charge is 0.338 e. The minimum Gasteiger partial charge on any atom is -0.338 e. The van der Waals surface area contributed by atoms with Crippen LogP contribution < -0.4 is 5.73 Å². The second-order valence-corrected chi connectivity index (χ2v) is 6.45. The summed E-state index contributed by atoms with van der Waals surface area (Å²) in [5, 5.41) is 1.20. The van der Waals surface area contributed by atoms with Crippen molar-refractivity contribution in [1.82, 2.24) is 4.90 Å². The summed E-state index contributed by atoms with van der Waals surface area (Å²) < 4.78 is 0. The molecule has 0 spiro atoms. The van der Waals surface area contributed by atoms with Gasteiger partial charge in [0.15, 0.2) is 0 Å². The molecule has 1 aliphatic heterocycles. The lowest BCUT2D eigenvalue weighted by atomic mass is 9.80. The van der Waals surface area contributed by atoms with Crippen molar-refractivity contribution in [3.63, 3.8) is 0 Å². The van der Waals surface area contributed by atoms with E-state index in [1.165, 1.54) is 0 Å². The maximum absolute atomic E-state index is 12.9. The van der Waals surface area contributed by atoms with Crippen LogP contribution in [0.1, 0.15) is 37.8 Å². The van der Waals surface area contributed by atoms with Crippen molar-refractivity contribution in [3.05, 3.63) is 33.3 Å². The molecule has 3 nitrogen and oxygen atoms in total. The van der Waals surface area contributed by atoms with Crippen molar-refractivity contribution in [2.45, 2.75) is 39.7 Å². The smallest absolute Gasteiger partial charge is 0.230 e. The zero-order chi connectivity index (χ0) is 15.6. The quantitative estimate of drug-likeness (QED) is 0.917. The monoisotopic (exact) mass is 328 g/mol. The van der Waals surface area contributed by atoms with Crippen LogP contribution in [0.15, 0.2) is 12.1 Å². The zero-order valence-corrected chi connectivity index (χ0v) is 14.1. The number of fused-ring (bicyclic) bond motifs is 1. The summed E-state index contributed by atoms with van der Waals surface area (Å²) in [5.74, 6) is 0.159. The van der Waals surface area contributed by atoms with E-state index in [1.54, 1.807) is 6.07 Å². The molecule has 1 amide bonds. The third-order valence-electron chi connectivity index (χ3n) is 4.77. The van der Waals surface area contributed by atoms with Crippen molar-refractivity contribution in [1.29, 1.82) is 0 Å². The van der Waals surface area contributed by atoms with E-state index in [4.69, 9.17) is 28.9 Å². The van der Waals surface area contributed by atoms with Crippen molar-refractivity contribution >= 4 is 29.1 Å². The predicted octanol–water partition coefficient (Wildman–Crippen LogP) is 3.64. The molecule has 116 valence electrons. The van der Waals surface area contributed by atoms with Gasteiger partial charge in [0.2, 0.25) is 5.91 Å². The number of nitrogens with two attached hydrogens (primary N) is 1. The lowest BCUT2D eigenvalue weighted by molar-refractivity contribution is -0.143. The molecule has 2 N–H and O–H groups in total. The Hall–Kier alpha value is -0.770. The fraction of sp³-hybridized carbons (Fsp3) is 0.562. The van der Waals surface area contributed by atoms with Crippen LogP contribution >= 0.6 is 23.2 Å². The summed E-state index contributed by atoms with van der Waals surface area (Å²) in [6.45, 7) is 5.72. The average molecular weight is 329 g/mol. The Labute approximate surface area is 136 Å². The Balaban J connectivity index is 2.25. The topological polar surface area (TPSA) is 46.3 Å². The van der Waals surface area contributed by atoms with Gasteiger partial charge in [0.25, 0.3) is 0 Å². The first kappa shape index (κ1) is 16.6. The zero-order valence-electron chi connectivity index (χ0n) is 12.6. The number of carbonyl (C=O) groups is 1. The number of nitrogens with zero attached hydrogens (tertiary/aromatic N) is 1. The van der Waals surface area contributed by atoms with E-state index < -0.39 is 5.41 Å². The molecule has 21 heavy (non-hydrogen) atoms. The van der Waals surface area contributed by atoms with E-state index in [0.717, 1.165) is 30.4 Å². The molecule has 0 saturated heterocycles. The molecule has 5 heteroatoms. The minimum absolute atomic E-state index is 0.159. The van der Waals surface area contributed by atoms with Gasteiger partial charge < -0.3 is 10.6 Å². The molecular formula is C16H22Cl2N2O. The number of amides is 1. The van der Waals surface area contributed by atoms with Crippen LogP contribution in [-0.4, -0.2) is 23.9 Å². The first-order valence-corrected chi connectivity index (χ1v) is 8.19. The average Bonchev–Trinajstić information content (AvgIpc) is 2.53. The standard InChI is InChI=1S/C16H22Cl2N2O/c1-3-16(4-2,10-19)15(21)20-8-7-12-11(9-20)5-6-13(17)14(12)18/h5-6H,3-4,7-10,19H2,1-2H3. The van der Waals surface area contributed by atoms with Crippen molar-refractivity contribution < 1.29 is 4.79 Å². The Morgan fingerprint density at radius 1 is 1.33 bits per heavy atom. The van der Waals surface area contributed by atoms with Crippen LogP contribution in [-0.2, 0) is 17.8 Å². The van der Waals surface area contributed by atoms with Crippen LogP contribution in [0.3, 0.4) is 0 Å². The highest BCUT2D eigenvalue weighted by Crippen LogP contribution is 2.34. The van der Waals surface area contributed by atoms with Gasteiger partial charge in [0.1, 0.15) is 0 Å². The van der Waals surface area contributed by atoms with Crippen molar-refractivity contribution in [2.24, 2.45) is 11.1 Å². The highest BCUT2D eigenvalue weighted by atomic mass is 35.5. The third-order valence-corrected chi connectivity index (χ3v) is 5.61. The Morgan fingerprint density at radius 2 is 2.00 bits per heavy atom. The van der Waals surface area contributed by atoms with Gasteiger partial charge in [-0.05, 0) is 36.5 Å². The highest BCUT2D eigenvalue weighted by molar-refractivity contribution is 6.42. The van der Waals surface area contributed by atoms with E-state index >= 15 is 0 Å².